The molecule has 1 N–H and O–H groups in total. The largest absolute Gasteiger partial charge is 0.469 e. The number of nitrogens with one attached hydrogen (secondary N) is 1. The molecule has 0 aliphatic carbocycles. The molecule has 234 valence electrons. The zero-order valence-corrected chi connectivity index (χ0v) is 26.2. The molecule has 0 saturated carbocycles. The van der Waals surface area contributed by atoms with Crippen LogP contribution in [-0.4, -0.2) is 30.3 Å². The first-order valence-corrected chi connectivity index (χ1v) is 14.3. The van der Waals surface area contributed by atoms with Crippen LogP contribution in [-0.2, 0) is 32.1 Å². The summed E-state index contributed by atoms with van der Waals surface area (Å²) in [6.45, 7) is 13.9. The second-order valence-electron chi connectivity index (χ2n) is 8.74. The number of rotatable bonds is 10. The van der Waals surface area contributed by atoms with Gasteiger partial charge in [-0.15, -0.1) is 0 Å². The molecule has 0 aliphatic heterocycles. The lowest BCUT2D eigenvalue weighted by atomic mass is 10.0. The van der Waals surface area contributed by atoms with E-state index in [0.29, 0.717) is 24.9 Å². The Hall–Kier alpha value is -3.75. The van der Waals surface area contributed by atoms with Gasteiger partial charge in [-0.1, -0.05) is 66.5 Å². The molecule has 2 aromatic carbocycles. The number of carbonyl (C=O) groups excluding carboxylic acids is 3. The van der Waals surface area contributed by atoms with Gasteiger partial charge in [-0.05, 0) is 55.0 Å². The molecule has 3 aromatic rings. The fourth-order valence-electron chi connectivity index (χ4n) is 3.25. The lowest BCUT2D eigenvalue weighted by Crippen LogP contribution is -2.11. The van der Waals surface area contributed by atoms with Crippen LogP contribution in [0.4, 0.5) is 13.2 Å². The molecule has 0 aliphatic rings. The number of halogens is 3. The third-order valence-corrected chi connectivity index (χ3v) is 5.58. The summed E-state index contributed by atoms with van der Waals surface area (Å²) < 4.78 is 42.8. The Morgan fingerprint density at radius 1 is 1.02 bits per heavy atom. The number of pyridine rings is 1. The highest BCUT2D eigenvalue weighted by Gasteiger charge is 2.06. The summed E-state index contributed by atoms with van der Waals surface area (Å²) in [6.07, 6.45) is 6.25. The molecule has 1 atom stereocenters. The van der Waals surface area contributed by atoms with Crippen molar-refractivity contribution in [2.24, 2.45) is 5.92 Å². The number of Topliss-reactive ketones (excluding diaryl/α,β-unsaturated/α-hetero) is 1. The number of methoxy groups -OCH3 is 1. The maximum Gasteiger partial charge on any atom is 0.305 e. The molecule has 0 radical (unpaired) electrons. The van der Waals surface area contributed by atoms with Crippen LogP contribution >= 0.6 is 0 Å². The van der Waals surface area contributed by atoms with Crippen LogP contribution in [0.5, 0.6) is 0 Å². The number of carbonyl (C=O) groups is 3. The Kier molecular flexibility index (Phi) is 24.0. The van der Waals surface area contributed by atoms with E-state index in [1.807, 2.05) is 27.7 Å². The van der Waals surface area contributed by atoms with Crippen LogP contribution < -0.4 is 5.32 Å². The summed E-state index contributed by atoms with van der Waals surface area (Å²) >= 11 is 0. The number of nitrogens with zero attached hydrogens (tertiary/aromatic N) is 1. The van der Waals surface area contributed by atoms with E-state index < -0.39 is 11.6 Å². The Balaban J connectivity index is 0. The fourth-order valence-corrected chi connectivity index (χ4v) is 3.25. The van der Waals surface area contributed by atoms with Gasteiger partial charge in [0.15, 0.2) is 11.6 Å². The monoisotopic (exact) mass is 592 g/mol. The molecule has 6 nitrogen and oxygen atoms in total. The van der Waals surface area contributed by atoms with Crippen molar-refractivity contribution in [3.05, 3.63) is 77.4 Å². The normalized spacial score (nSPS) is 10.1. The van der Waals surface area contributed by atoms with E-state index in [1.165, 1.54) is 44.7 Å². The smallest absolute Gasteiger partial charge is 0.305 e. The molecule has 9 heteroatoms. The van der Waals surface area contributed by atoms with Crippen LogP contribution in [0.3, 0.4) is 0 Å². The quantitative estimate of drug-likeness (QED) is 0.190. The summed E-state index contributed by atoms with van der Waals surface area (Å²) in [6, 6.07) is 10.1. The van der Waals surface area contributed by atoms with Crippen molar-refractivity contribution in [2.75, 3.05) is 7.11 Å². The van der Waals surface area contributed by atoms with E-state index in [4.69, 9.17) is 0 Å². The molecule has 1 amide bonds. The van der Waals surface area contributed by atoms with Gasteiger partial charge in [-0.2, -0.15) is 0 Å². The van der Waals surface area contributed by atoms with Gasteiger partial charge in [0.05, 0.1) is 7.11 Å². The summed E-state index contributed by atoms with van der Waals surface area (Å²) in [7, 11) is 1.44. The van der Waals surface area contributed by atoms with Gasteiger partial charge in [0.25, 0.3) is 0 Å². The van der Waals surface area contributed by atoms with Crippen molar-refractivity contribution in [3.8, 4) is 0 Å². The predicted octanol–water partition coefficient (Wildman–Crippen LogP) is 8.14. The van der Waals surface area contributed by atoms with E-state index in [2.05, 4.69) is 28.9 Å². The van der Waals surface area contributed by atoms with Gasteiger partial charge in [0, 0.05) is 42.2 Å². The summed E-state index contributed by atoms with van der Waals surface area (Å²) in [5.74, 6) is -1.39. The van der Waals surface area contributed by atoms with Gasteiger partial charge in [-0.25, -0.2) is 13.2 Å². The van der Waals surface area contributed by atoms with Crippen LogP contribution in [0.2, 0.25) is 0 Å². The molecule has 1 aromatic heterocycles. The van der Waals surface area contributed by atoms with Gasteiger partial charge in [0.2, 0.25) is 6.41 Å². The van der Waals surface area contributed by atoms with E-state index in [-0.39, 0.29) is 29.7 Å². The van der Waals surface area contributed by atoms with Crippen molar-refractivity contribution in [1.82, 2.24) is 10.3 Å². The van der Waals surface area contributed by atoms with Gasteiger partial charge >= 0.3 is 5.97 Å². The molecule has 1 heterocycles. The summed E-state index contributed by atoms with van der Waals surface area (Å²) in [4.78, 5) is 35.5. The first-order chi connectivity index (χ1) is 20.1. The molecule has 3 rings (SSSR count). The fraction of sp³-hybridized carbons (Fsp3) is 0.455. The maximum atomic E-state index is 12.9. The van der Waals surface area contributed by atoms with Gasteiger partial charge in [-0.3, -0.25) is 19.4 Å². The maximum absolute atomic E-state index is 12.9. The third kappa shape index (κ3) is 17.8. The minimum Gasteiger partial charge on any atom is -0.469 e. The molecule has 0 saturated heterocycles. The Morgan fingerprint density at radius 2 is 1.69 bits per heavy atom. The first-order valence-electron chi connectivity index (χ1n) is 14.3. The number of aromatic nitrogens is 1. The highest BCUT2D eigenvalue weighted by molar-refractivity contribution is 5.84. The highest BCUT2D eigenvalue weighted by Crippen LogP contribution is 2.16. The molecule has 0 bridgehead atoms. The minimum absolute atomic E-state index is 0.00704. The van der Waals surface area contributed by atoms with E-state index in [9.17, 15) is 27.6 Å². The second kappa shape index (κ2) is 25.0. The van der Waals surface area contributed by atoms with Crippen LogP contribution in [0.25, 0.3) is 10.8 Å². The average Bonchev–Trinajstić information content (AvgIpc) is 3.00. The second-order valence-corrected chi connectivity index (χ2v) is 8.74. The summed E-state index contributed by atoms with van der Waals surface area (Å²) in [5, 5.41) is 3.90. The number of ketones is 1. The first kappa shape index (κ1) is 40.4. The van der Waals surface area contributed by atoms with Crippen molar-refractivity contribution in [3.63, 3.8) is 0 Å². The molecular weight excluding hydrogens is 545 g/mol. The van der Waals surface area contributed by atoms with Crippen molar-refractivity contribution < 1.29 is 32.3 Å². The van der Waals surface area contributed by atoms with Gasteiger partial charge < -0.3 is 10.1 Å². The summed E-state index contributed by atoms with van der Waals surface area (Å²) in [5.41, 5.74) is 0.822. The van der Waals surface area contributed by atoms with Crippen molar-refractivity contribution in [1.29, 1.82) is 0 Å². The average molecular weight is 593 g/mol. The Morgan fingerprint density at radius 3 is 2.26 bits per heavy atom. The SMILES string of the molecule is CC.CC.CC(=O)Cc1cc2cc(F)ccc2cn1.CCC(C)CCCC(=O)OC.O=CNCc1cccc(F)c1F. The van der Waals surface area contributed by atoms with Crippen LogP contribution in [0.15, 0.2) is 48.7 Å². The van der Waals surface area contributed by atoms with Gasteiger partial charge in [0.1, 0.15) is 11.6 Å². The lowest BCUT2D eigenvalue weighted by molar-refractivity contribution is -0.140. The number of ether oxygens (including phenoxy) is 1. The number of hydrogen-bond donors (Lipinski definition) is 1. The number of fused-ring (bicyclic) bond motifs is 1. The van der Waals surface area contributed by atoms with Crippen molar-refractivity contribution >= 4 is 28.9 Å². The molecule has 0 fully saturated rings. The number of esters is 1. The number of amides is 1. The molecule has 1 unspecified atom stereocenters. The molecule has 42 heavy (non-hydrogen) atoms. The van der Waals surface area contributed by atoms with E-state index in [1.54, 1.807) is 18.3 Å². The number of benzene rings is 2. The lowest BCUT2D eigenvalue weighted by Gasteiger charge is -2.05. The predicted molar refractivity (Wildman–Crippen MR) is 163 cm³/mol. The van der Waals surface area contributed by atoms with Crippen LogP contribution in [0, 0.1) is 23.4 Å². The molecule has 0 spiro atoms. The zero-order chi connectivity index (χ0) is 32.5. The molecular formula is C33H47F3N2O4. The minimum atomic E-state index is -0.910. The standard InChI is InChI=1S/C12H10FNO.C9H18O2.C8H7F2NO.2C2H6/c1-8(15)4-12-6-10-5-11(13)3-2-9(10)7-14-12;1-4-8(2)6-5-7-9(10)11-3;9-7-3-1-2-6(8(7)10)4-11-5-12;2*1-2/h2-3,5-7H,4H2,1H3;8H,4-7H2,1-3H3;1-3,5H,4H2,(H,11,12);2*1-2H3. The topological polar surface area (TPSA) is 85.4 Å². The number of hydrogen-bond acceptors (Lipinski definition) is 5. The van der Waals surface area contributed by atoms with Crippen molar-refractivity contribution in [2.45, 2.75) is 87.1 Å². The van der Waals surface area contributed by atoms with Crippen LogP contribution in [0.1, 0.15) is 85.4 Å². The van der Waals surface area contributed by atoms with E-state index >= 15 is 0 Å². The van der Waals surface area contributed by atoms with E-state index in [0.717, 1.165) is 35.6 Å². The zero-order valence-electron chi connectivity index (χ0n) is 26.2. The third-order valence-electron chi connectivity index (χ3n) is 5.58. The Bertz CT molecular complexity index is 1190. The Labute approximate surface area is 249 Å². The highest BCUT2D eigenvalue weighted by atomic mass is 19.2.